The van der Waals surface area contributed by atoms with Gasteiger partial charge in [-0.15, -0.1) is 0 Å². The smallest absolute Gasteiger partial charge is 0.243 e. The lowest BCUT2D eigenvalue weighted by Gasteiger charge is -2.38. The highest BCUT2D eigenvalue weighted by molar-refractivity contribution is 5.89. The Bertz CT molecular complexity index is 921. The Morgan fingerprint density at radius 2 is 1.80 bits per heavy atom. The lowest BCUT2D eigenvalue weighted by Crippen LogP contribution is -2.55. The van der Waals surface area contributed by atoms with E-state index in [2.05, 4.69) is 49.5 Å². The number of benzene rings is 2. The SMILES string of the molecule is CCC(C)C(=O)N1Cc2ccccc2CC1C(=O)NC(C)Cc1ccc(C)cc1C. The minimum absolute atomic E-state index is 0.00312. The fourth-order valence-electron chi connectivity index (χ4n) is 4.24. The molecule has 0 bridgehead atoms. The number of nitrogens with zero attached hydrogens (tertiary/aromatic N) is 1. The maximum absolute atomic E-state index is 13.3. The number of aryl methyl sites for hydroxylation is 2. The molecule has 3 rings (SSSR count). The third kappa shape index (κ3) is 4.92. The maximum atomic E-state index is 13.3. The predicted octanol–water partition coefficient (Wildman–Crippen LogP) is 4.35. The van der Waals surface area contributed by atoms with E-state index in [0.29, 0.717) is 13.0 Å². The van der Waals surface area contributed by atoms with E-state index in [1.54, 1.807) is 4.90 Å². The van der Waals surface area contributed by atoms with Gasteiger partial charge in [0.2, 0.25) is 11.8 Å². The van der Waals surface area contributed by atoms with Crippen LogP contribution in [0.4, 0.5) is 0 Å². The van der Waals surface area contributed by atoms with Crippen molar-refractivity contribution in [1.29, 1.82) is 0 Å². The molecule has 0 fully saturated rings. The van der Waals surface area contributed by atoms with Crippen LogP contribution in [0, 0.1) is 19.8 Å². The number of carbonyl (C=O) groups excluding carboxylic acids is 2. The van der Waals surface area contributed by atoms with Crippen molar-refractivity contribution in [3.63, 3.8) is 0 Å². The van der Waals surface area contributed by atoms with Crippen molar-refractivity contribution in [3.05, 3.63) is 70.3 Å². The average Bonchev–Trinajstić information content (AvgIpc) is 2.73. The van der Waals surface area contributed by atoms with Gasteiger partial charge in [0.05, 0.1) is 0 Å². The zero-order valence-electron chi connectivity index (χ0n) is 18.9. The molecule has 0 spiro atoms. The number of fused-ring (bicyclic) bond motifs is 1. The zero-order valence-corrected chi connectivity index (χ0v) is 18.9. The number of hydrogen-bond donors (Lipinski definition) is 1. The number of hydrogen-bond acceptors (Lipinski definition) is 2. The number of rotatable bonds is 6. The Morgan fingerprint density at radius 1 is 1.10 bits per heavy atom. The number of amides is 2. The van der Waals surface area contributed by atoms with Crippen LogP contribution >= 0.6 is 0 Å². The molecule has 3 unspecified atom stereocenters. The lowest BCUT2D eigenvalue weighted by molar-refractivity contribution is -0.145. The molecule has 1 aliphatic heterocycles. The van der Waals surface area contributed by atoms with Crippen molar-refractivity contribution in [3.8, 4) is 0 Å². The summed E-state index contributed by atoms with van der Waals surface area (Å²) in [6.07, 6.45) is 2.12. The molecule has 3 atom stereocenters. The van der Waals surface area contributed by atoms with Gasteiger partial charge in [0, 0.05) is 24.9 Å². The molecule has 160 valence electrons. The van der Waals surface area contributed by atoms with E-state index in [4.69, 9.17) is 0 Å². The van der Waals surface area contributed by atoms with Crippen LogP contribution in [-0.2, 0) is 29.0 Å². The quantitative estimate of drug-likeness (QED) is 0.775. The predicted molar refractivity (Wildman–Crippen MR) is 121 cm³/mol. The van der Waals surface area contributed by atoms with Gasteiger partial charge in [0.25, 0.3) is 0 Å². The van der Waals surface area contributed by atoms with E-state index in [-0.39, 0.29) is 23.8 Å². The summed E-state index contributed by atoms with van der Waals surface area (Å²) < 4.78 is 0. The van der Waals surface area contributed by atoms with E-state index in [9.17, 15) is 9.59 Å². The van der Waals surface area contributed by atoms with Crippen molar-refractivity contribution >= 4 is 11.8 Å². The highest BCUT2D eigenvalue weighted by atomic mass is 16.2. The molecule has 2 aromatic rings. The Hall–Kier alpha value is -2.62. The van der Waals surface area contributed by atoms with Crippen molar-refractivity contribution in [1.82, 2.24) is 10.2 Å². The highest BCUT2D eigenvalue weighted by Crippen LogP contribution is 2.26. The summed E-state index contributed by atoms with van der Waals surface area (Å²) in [5, 5.41) is 3.18. The second-order valence-electron chi connectivity index (χ2n) is 8.81. The van der Waals surface area contributed by atoms with Crippen LogP contribution in [0.2, 0.25) is 0 Å². The standard InChI is InChI=1S/C26H34N2O2/c1-6-18(3)26(30)28-16-23-10-8-7-9-22(23)15-24(28)25(29)27-20(5)14-21-12-11-17(2)13-19(21)4/h7-13,18,20,24H,6,14-16H2,1-5H3,(H,27,29). The van der Waals surface area contributed by atoms with Gasteiger partial charge in [-0.3, -0.25) is 9.59 Å². The lowest BCUT2D eigenvalue weighted by atomic mass is 9.91. The van der Waals surface area contributed by atoms with Crippen LogP contribution in [0.1, 0.15) is 55.0 Å². The first-order valence-corrected chi connectivity index (χ1v) is 11.0. The fraction of sp³-hybridized carbons (Fsp3) is 0.462. The Kier molecular flexibility index (Phi) is 6.96. The molecule has 1 heterocycles. The number of nitrogens with one attached hydrogen (secondary N) is 1. The molecule has 2 amide bonds. The molecule has 0 aromatic heterocycles. The Morgan fingerprint density at radius 3 is 2.47 bits per heavy atom. The van der Waals surface area contributed by atoms with Crippen LogP contribution in [0.25, 0.3) is 0 Å². The van der Waals surface area contributed by atoms with Crippen LogP contribution in [0.5, 0.6) is 0 Å². The first kappa shape index (κ1) is 22.1. The largest absolute Gasteiger partial charge is 0.352 e. The molecule has 1 N–H and O–H groups in total. The normalized spacial score (nSPS) is 17.8. The molecular weight excluding hydrogens is 372 g/mol. The minimum atomic E-state index is -0.456. The number of carbonyl (C=O) groups is 2. The molecular formula is C26H34N2O2. The van der Waals surface area contributed by atoms with Crippen LogP contribution in [0.3, 0.4) is 0 Å². The van der Waals surface area contributed by atoms with Gasteiger partial charge in [-0.1, -0.05) is 61.9 Å². The van der Waals surface area contributed by atoms with Crippen molar-refractivity contribution in [2.75, 3.05) is 0 Å². The van der Waals surface area contributed by atoms with Crippen molar-refractivity contribution in [2.45, 2.75) is 72.5 Å². The molecule has 30 heavy (non-hydrogen) atoms. The van der Waals surface area contributed by atoms with Gasteiger partial charge in [-0.2, -0.15) is 0 Å². The highest BCUT2D eigenvalue weighted by Gasteiger charge is 2.36. The third-order valence-electron chi connectivity index (χ3n) is 6.28. The minimum Gasteiger partial charge on any atom is -0.352 e. The summed E-state index contributed by atoms with van der Waals surface area (Å²) in [6.45, 7) is 10.7. The van der Waals surface area contributed by atoms with Crippen LogP contribution < -0.4 is 5.32 Å². The van der Waals surface area contributed by atoms with Gasteiger partial charge in [0.15, 0.2) is 0 Å². The molecule has 4 heteroatoms. The monoisotopic (exact) mass is 406 g/mol. The molecule has 0 radical (unpaired) electrons. The molecule has 1 aliphatic rings. The fourth-order valence-corrected chi connectivity index (χ4v) is 4.24. The third-order valence-corrected chi connectivity index (χ3v) is 6.28. The van der Waals surface area contributed by atoms with Crippen LogP contribution in [0.15, 0.2) is 42.5 Å². The molecule has 0 saturated carbocycles. The van der Waals surface area contributed by atoms with Gasteiger partial charge in [-0.05, 0) is 55.9 Å². The molecule has 0 saturated heterocycles. The summed E-state index contributed by atoms with van der Waals surface area (Å²) in [6, 6.07) is 14.1. The van der Waals surface area contributed by atoms with E-state index in [1.165, 1.54) is 16.7 Å². The second-order valence-corrected chi connectivity index (χ2v) is 8.81. The van der Waals surface area contributed by atoms with Crippen molar-refractivity contribution in [2.24, 2.45) is 5.92 Å². The molecule has 2 aromatic carbocycles. The Labute approximate surface area is 180 Å². The first-order chi connectivity index (χ1) is 14.3. The van der Waals surface area contributed by atoms with Gasteiger partial charge in [0.1, 0.15) is 6.04 Å². The average molecular weight is 407 g/mol. The Balaban J connectivity index is 1.76. The summed E-state index contributed by atoms with van der Waals surface area (Å²) in [5.74, 6) is -0.0780. The van der Waals surface area contributed by atoms with E-state index < -0.39 is 6.04 Å². The second kappa shape index (κ2) is 9.46. The van der Waals surface area contributed by atoms with E-state index in [1.807, 2.05) is 32.9 Å². The van der Waals surface area contributed by atoms with Gasteiger partial charge in [-0.25, -0.2) is 0 Å². The summed E-state index contributed by atoms with van der Waals surface area (Å²) in [4.78, 5) is 28.1. The van der Waals surface area contributed by atoms with Gasteiger partial charge >= 0.3 is 0 Å². The van der Waals surface area contributed by atoms with E-state index >= 15 is 0 Å². The zero-order chi connectivity index (χ0) is 21.8. The summed E-state index contributed by atoms with van der Waals surface area (Å²) >= 11 is 0. The van der Waals surface area contributed by atoms with Crippen molar-refractivity contribution < 1.29 is 9.59 Å². The topological polar surface area (TPSA) is 49.4 Å². The summed E-state index contributed by atoms with van der Waals surface area (Å²) in [7, 11) is 0. The van der Waals surface area contributed by atoms with Gasteiger partial charge < -0.3 is 10.2 Å². The summed E-state index contributed by atoms with van der Waals surface area (Å²) in [5.41, 5.74) is 6.04. The first-order valence-electron chi connectivity index (χ1n) is 11.0. The van der Waals surface area contributed by atoms with E-state index in [0.717, 1.165) is 24.0 Å². The molecule has 4 nitrogen and oxygen atoms in total. The maximum Gasteiger partial charge on any atom is 0.243 e. The molecule has 0 aliphatic carbocycles. The van der Waals surface area contributed by atoms with Crippen LogP contribution in [-0.4, -0.2) is 28.8 Å².